The molecule has 33 heavy (non-hydrogen) atoms. The van der Waals surface area contributed by atoms with Gasteiger partial charge in [0.15, 0.2) is 5.78 Å². The summed E-state index contributed by atoms with van der Waals surface area (Å²) in [7, 11) is 0. The van der Waals surface area contributed by atoms with Crippen molar-refractivity contribution in [1.29, 1.82) is 0 Å². The third-order valence-corrected chi connectivity index (χ3v) is 6.69. The van der Waals surface area contributed by atoms with E-state index < -0.39 is 12.1 Å². The van der Waals surface area contributed by atoms with Crippen molar-refractivity contribution in [2.75, 3.05) is 13.2 Å². The number of rotatable bonds is 6. The first kappa shape index (κ1) is 21.4. The molecule has 2 aliphatic heterocycles. The maximum absolute atomic E-state index is 13.5. The lowest BCUT2D eigenvalue weighted by molar-refractivity contribution is -0.138. The van der Waals surface area contributed by atoms with Gasteiger partial charge in [-0.05, 0) is 53.3 Å². The van der Waals surface area contributed by atoms with Gasteiger partial charge in [-0.25, -0.2) is 0 Å². The molecule has 2 aliphatic rings. The summed E-state index contributed by atoms with van der Waals surface area (Å²) in [5, 5.41) is 6.71. The lowest BCUT2D eigenvalue weighted by Crippen LogP contribution is -2.53. The molecule has 0 bridgehead atoms. The van der Waals surface area contributed by atoms with Gasteiger partial charge < -0.3 is 15.0 Å². The van der Waals surface area contributed by atoms with Gasteiger partial charge in [-0.15, -0.1) is 5.10 Å². The third kappa shape index (κ3) is 4.39. The van der Waals surface area contributed by atoms with Crippen molar-refractivity contribution < 1.29 is 19.1 Å². The number of benzene rings is 1. The Kier molecular flexibility index (Phi) is 5.93. The van der Waals surface area contributed by atoms with Gasteiger partial charge in [0.25, 0.3) is 5.91 Å². The summed E-state index contributed by atoms with van der Waals surface area (Å²) in [5.41, 5.74) is 2.21. The monoisotopic (exact) mass is 463 g/mol. The molecule has 5 rings (SSSR count). The number of nitrogens with zero attached hydrogens (tertiary/aromatic N) is 4. The fourth-order valence-corrected chi connectivity index (χ4v) is 4.84. The molecule has 168 valence electrons. The molecule has 4 heterocycles. The first-order chi connectivity index (χ1) is 16.1. The average molecular weight is 464 g/mol. The van der Waals surface area contributed by atoms with Crippen LogP contribution in [0, 0.1) is 0 Å². The lowest BCUT2D eigenvalue weighted by atomic mass is 10.0. The molecule has 3 atom stereocenters. The fourth-order valence-electron chi connectivity index (χ4n) is 4.32. The summed E-state index contributed by atoms with van der Waals surface area (Å²) in [6, 6.07) is 9.28. The number of Topliss-reactive ketones (excluding diaryl/α,β-unsaturated/α-hetero) is 1. The van der Waals surface area contributed by atoms with Gasteiger partial charge in [-0.2, -0.15) is 0 Å². The number of fused-ring (bicyclic) bond motifs is 1. The van der Waals surface area contributed by atoms with Crippen LogP contribution in [0.25, 0.3) is 10.4 Å². The van der Waals surface area contributed by atoms with Crippen molar-refractivity contribution in [3.8, 4) is 10.4 Å². The number of amides is 2. The number of carbonyl (C=O) groups is 3. The molecule has 9 nitrogen and oxygen atoms in total. The summed E-state index contributed by atoms with van der Waals surface area (Å²) >= 11 is 1.27. The first-order valence-electron chi connectivity index (χ1n) is 10.6. The zero-order valence-electron chi connectivity index (χ0n) is 17.6. The number of aromatic nitrogens is 3. The number of carbonyl (C=O) groups excluding carboxylic acids is 3. The Morgan fingerprint density at radius 1 is 1.18 bits per heavy atom. The van der Waals surface area contributed by atoms with E-state index in [4.69, 9.17) is 4.74 Å². The Morgan fingerprint density at radius 3 is 2.70 bits per heavy atom. The van der Waals surface area contributed by atoms with E-state index in [9.17, 15) is 14.4 Å². The molecule has 3 aromatic rings. The SMILES string of the molecule is O=C(NC(Cc1ccncc1)C(=O)N1CCC2OCC(=O)C21)c1ccc(-c2cnns2)cc1. The number of likely N-dealkylation sites (tertiary alicyclic amines) is 1. The summed E-state index contributed by atoms with van der Waals surface area (Å²) in [5.74, 6) is -0.729. The van der Waals surface area contributed by atoms with Crippen molar-refractivity contribution in [2.24, 2.45) is 0 Å². The van der Waals surface area contributed by atoms with Crippen molar-refractivity contribution in [1.82, 2.24) is 24.8 Å². The summed E-state index contributed by atoms with van der Waals surface area (Å²) in [4.78, 5) is 45.3. The molecule has 3 unspecified atom stereocenters. The molecule has 0 spiro atoms. The summed E-state index contributed by atoms with van der Waals surface area (Å²) in [6.07, 6.45) is 5.61. The smallest absolute Gasteiger partial charge is 0.251 e. The van der Waals surface area contributed by atoms with Gasteiger partial charge in [-0.3, -0.25) is 19.4 Å². The number of ketones is 1. The van der Waals surface area contributed by atoms with Crippen molar-refractivity contribution in [3.05, 3.63) is 66.1 Å². The lowest BCUT2D eigenvalue weighted by Gasteiger charge is -2.27. The van der Waals surface area contributed by atoms with E-state index in [1.165, 1.54) is 11.5 Å². The van der Waals surface area contributed by atoms with Crippen molar-refractivity contribution >= 4 is 29.1 Å². The largest absolute Gasteiger partial charge is 0.368 e. The van der Waals surface area contributed by atoms with E-state index in [2.05, 4.69) is 19.9 Å². The maximum Gasteiger partial charge on any atom is 0.251 e. The topological polar surface area (TPSA) is 114 Å². The zero-order valence-corrected chi connectivity index (χ0v) is 18.4. The Hall–Kier alpha value is -3.50. The molecule has 2 aromatic heterocycles. The Bertz CT molecular complexity index is 1150. The highest BCUT2D eigenvalue weighted by Crippen LogP contribution is 2.28. The van der Waals surface area contributed by atoms with Crippen LogP contribution in [0.5, 0.6) is 0 Å². The van der Waals surface area contributed by atoms with Gasteiger partial charge in [-0.1, -0.05) is 16.6 Å². The van der Waals surface area contributed by atoms with E-state index in [1.807, 2.05) is 12.1 Å². The molecule has 2 amide bonds. The quantitative estimate of drug-likeness (QED) is 0.589. The van der Waals surface area contributed by atoms with Crippen LogP contribution in [0.1, 0.15) is 22.3 Å². The molecule has 0 saturated carbocycles. The van der Waals surface area contributed by atoms with Crippen molar-refractivity contribution in [3.63, 3.8) is 0 Å². The number of hydrogen-bond donors (Lipinski definition) is 1. The highest BCUT2D eigenvalue weighted by Gasteiger charge is 2.48. The number of nitrogens with one attached hydrogen (secondary N) is 1. The Balaban J connectivity index is 1.35. The Morgan fingerprint density at radius 2 is 1.97 bits per heavy atom. The average Bonchev–Trinajstić information content (AvgIpc) is 3.59. The van der Waals surface area contributed by atoms with E-state index in [1.54, 1.807) is 47.8 Å². The molecule has 0 radical (unpaired) electrons. The molecular formula is C23H21N5O4S. The summed E-state index contributed by atoms with van der Waals surface area (Å²) < 4.78 is 9.37. The van der Waals surface area contributed by atoms with Crippen LogP contribution in [-0.4, -0.2) is 68.4 Å². The van der Waals surface area contributed by atoms with Crippen LogP contribution >= 0.6 is 11.5 Å². The minimum absolute atomic E-state index is 0.0299. The van der Waals surface area contributed by atoms with E-state index >= 15 is 0 Å². The predicted molar refractivity (Wildman–Crippen MR) is 119 cm³/mol. The molecule has 2 fully saturated rings. The molecule has 0 aliphatic carbocycles. The molecule has 2 saturated heterocycles. The fraction of sp³-hybridized carbons (Fsp3) is 0.304. The normalized spacial score (nSPS) is 20.5. The molecule has 1 aromatic carbocycles. The summed E-state index contributed by atoms with van der Waals surface area (Å²) in [6.45, 7) is 0.461. The van der Waals surface area contributed by atoms with Crippen LogP contribution in [-0.2, 0) is 20.7 Å². The first-order valence-corrected chi connectivity index (χ1v) is 11.4. The predicted octanol–water partition coefficient (Wildman–Crippen LogP) is 1.51. The van der Waals surface area contributed by atoms with E-state index in [-0.39, 0.29) is 30.3 Å². The van der Waals surface area contributed by atoms with Gasteiger partial charge in [0.05, 0.1) is 17.2 Å². The standard InChI is InChI=1S/C23H21N5O4S/c29-18-13-32-19-7-10-28(21(18)19)23(31)17(11-14-5-8-24-9-6-14)26-22(30)16-3-1-15(2-4-16)20-12-25-27-33-20/h1-6,8-9,12,17,19,21H,7,10-11,13H2,(H,26,30). The number of hydrogen-bond acceptors (Lipinski definition) is 8. The van der Waals surface area contributed by atoms with Crippen LogP contribution in [0.4, 0.5) is 0 Å². The molecule has 1 N–H and O–H groups in total. The van der Waals surface area contributed by atoms with Crippen LogP contribution in [0.3, 0.4) is 0 Å². The number of ether oxygens (including phenoxy) is 1. The Labute approximate surface area is 194 Å². The second-order valence-corrected chi connectivity index (χ2v) is 8.81. The van der Waals surface area contributed by atoms with Gasteiger partial charge in [0.2, 0.25) is 5.91 Å². The van der Waals surface area contributed by atoms with Gasteiger partial charge in [0.1, 0.15) is 18.7 Å². The van der Waals surface area contributed by atoms with Gasteiger partial charge >= 0.3 is 0 Å². The minimum Gasteiger partial charge on any atom is -0.368 e. The minimum atomic E-state index is -0.822. The molecular weight excluding hydrogens is 442 g/mol. The third-order valence-electron chi connectivity index (χ3n) is 5.98. The van der Waals surface area contributed by atoms with Crippen LogP contribution in [0.2, 0.25) is 0 Å². The second-order valence-electron chi connectivity index (χ2n) is 8.03. The van der Waals surface area contributed by atoms with E-state index in [0.29, 0.717) is 24.9 Å². The second kappa shape index (κ2) is 9.16. The van der Waals surface area contributed by atoms with Gasteiger partial charge in [0, 0.05) is 30.9 Å². The van der Waals surface area contributed by atoms with E-state index in [0.717, 1.165) is 16.0 Å². The van der Waals surface area contributed by atoms with Crippen LogP contribution < -0.4 is 5.32 Å². The highest BCUT2D eigenvalue weighted by atomic mass is 32.1. The number of pyridine rings is 1. The zero-order chi connectivity index (χ0) is 22.8. The highest BCUT2D eigenvalue weighted by molar-refractivity contribution is 7.09. The maximum atomic E-state index is 13.5. The van der Waals surface area contributed by atoms with Crippen LogP contribution in [0.15, 0.2) is 55.0 Å². The van der Waals surface area contributed by atoms with Crippen molar-refractivity contribution in [2.45, 2.75) is 31.0 Å². The molecule has 10 heteroatoms.